The lowest BCUT2D eigenvalue weighted by molar-refractivity contribution is -0.147. The molecule has 0 bridgehead atoms. The maximum atomic E-state index is 13.3. The number of amides is 1. The van der Waals surface area contributed by atoms with Crippen molar-refractivity contribution >= 4 is 5.91 Å². The van der Waals surface area contributed by atoms with E-state index in [1.165, 1.54) is 25.8 Å². The van der Waals surface area contributed by atoms with Crippen molar-refractivity contribution in [3.63, 3.8) is 0 Å². The van der Waals surface area contributed by atoms with Crippen molar-refractivity contribution in [1.29, 1.82) is 0 Å². The fraction of sp³-hybridized carbons (Fsp3) is 0.696. The number of aliphatic hydroxyl groups is 1. The molecule has 4 nitrogen and oxygen atoms in total. The van der Waals surface area contributed by atoms with Crippen LogP contribution in [0.1, 0.15) is 57.4 Å². The van der Waals surface area contributed by atoms with Crippen LogP contribution in [0.2, 0.25) is 0 Å². The van der Waals surface area contributed by atoms with Crippen LogP contribution >= 0.6 is 0 Å². The number of hydrogen-bond donors (Lipinski definition) is 2. The number of rotatable bonds is 8. The fourth-order valence-corrected chi connectivity index (χ4v) is 5.45. The van der Waals surface area contributed by atoms with E-state index in [1.807, 2.05) is 30.3 Å². The van der Waals surface area contributed by atoms with Gasteiger partial charge in [-0.15, -0.1) is 0 Å². The zero-order valence-corrected chi connectivity index (χ0v) is 16.6. The van der Waals surface area contributed by atoms with Crippen LogP contribution in [0.5, 0.6) is 0 Å². The van der Waals surface area contributed by atoms with Crippen molar-refractivity contribution in [1.82, 2.24) is 10.2 Å². The van der Waals surface area contributed by atoms with E-state index >= 15 is 0 Å². The molecule has 3 fully saturated rings. The van der Waals surface area contributed by atoms with Crippen LogP contribution in [0.3, 0.4) is 0 Å². The predicted molar refractivity (Wildman–Crippen MR) is 107 cm³/mol. The molecule has 2 saturated carbocycles. The van der Waals surface area contributed by atoms with Crippen LogP contribution in [0.15, 0.2) is 30.3 Å². The van der Waals surface area contributed by atoms with E-state index in [0.29, 0.717) is 11.8 Å². The van der Waals surface area contributed by atoms with Crippen LogP contribution in [-0.2, 0) is 10.4 Å². The molecule has 4 rings (SSSR count). The molecule has 3 unspecified atom stereocenters. The number of fused-ring (bicyclic) bond motifs is 1. The van der Waals surface area contributed by atoms with Gasteiger partial charge >= 0.3 is 0 Å². The quantitative estimate of drug-likeness (QED) is 0.691. The number of unbranched alkanes of at least 4 members (excludes halogenated alkanes) is 2. The van der Waals surface area contributed by atoms with E-state index in [4.69, 9.17) is 0 Å². The van der Waals surface area contributed by atoms with Gasteiger partial charge in [-0.2, -0.15) is 0 Å². The van der Waals surface area contributed by atoms with Crippen molar-refractivity contribution in [2.24, 2.45) is 17.8 Å². The number of hydrogen-bond acceptors (Lipinski definition) is 3. The Morgan fingerprint density at radius 1 is 1.15 bits per heavy atom. The molecule has 1 aliphatic heterocycles. The van der Waals surface area contributed by atoms with Gasteiger partial charge in [0, 0.05) is 25.0 Å². The maximum Gasteiger partial charge on any atom is 0.257 e. The SMILES string of the molecule is CCCCCN1CC2C(NC(=O)C(O)(c3ccccc3)C3CCCC3)[C@H]2C1. The summed E-state index contributed by atoms with van der Waals surface area (Å²) < 4.78 is 0. The van der Waals surface area contributed by atoms with Crippen LogP contribution in [0.25, 0.3) is 0 Å². The molecule has 148 valence electrons. The Morgan fingerprint density at radius 3 is 2.44 bits per heavy atom. The zero-order chi connectivity index (χ0) is 18.9. The Morgan fingerprint density at radius 2 is 1.81 bits per heavy atom. The van der Waals surface area contributed by atoms with E-state index in [-0.39, 0.29) is 17.9 Å². The number of carbonyl (C=O) groups is 1. The average molecular weight is 371 g/mol. The molecule has 27 heavy (non-hydrogen) atoms. The summed E-state index contributed by atoms with van der Waals surface area (Å²) in [5, 5.41) is 14.8. The summed E-state index contributed by atoms with van der Waals surface area (Å²) in [6.45, 7) is 5.64. The van der Waals surface area contributed by atoms with Gasteiger partial charge in [0.05, 0.1) is 0 Å². The average Bonchev–Trinajstić information content (AvgIpc) is 3.11. The highest BCUT2D eigenvalue weighted by atomic mass is 16.3. The summed E-state index contributed by atoms with van der Waals surface area (Å²) in [5.41, 5.74) is -0.628. The Balaban J connectivity index is 1.38. The zero-order valence-electron chi connectivity index (χ0n) is 16.6. The van der Waals surface area contributed by atoms with Crippen molar-refractivity contribution in [3.8, 4) is 0 Å². The number of nitrogens with zero attached hydrogens (tertiary/aromatic N) is 1. The Hall–Kier alpha value is -1.39. The Labute approximate surface area is 163 Å². The normalized spacial score (nSPS) is 30.1. The lowest BCUT2D eigenvalue weighted by atomic mass is 9.79. The molecule has 2 aliphatic carbocycles. The molecule has 1 heterocycles. The fourth-order valence-electron chi connectivity index (χ4n) is 5.45. The van der Waals surface area contributed by atoms with Crippen molar-refractivity contribution in [2.75, 3.05) is 19.6 Å². The van der Waals surface area contributed by atoms with Crippen LogP contribution < -0.4 is 5.32 Å². The molecule has 2 N–H and O–H groups in total. The Kier molecular flexibility index (Phi) is 5.56. The Bertz CT molecular complexity index is 631. The van der Waals surface area contributed by atoms with E-state index in [2.05, 4.69) is 17.1 Å². The molecule has 4 heteroatoms. The second-order valence-corrected chi connectivity index (χ2v) is 8.91. The first-order valence-corrected chi connectivity index (χ1v) is 11.0. The van der Waals surface area contributed by atoms with Gasteiger partial charge in [-0.3, -0.25) is 4.79 Å². The second-order valence-electron chi connectivity index (χ2n) is 8.91. The second kappa shape index (κ2) is 7.92. The third kappa shape index (κ3) is 3.66. The van der Waals surface area contributed by atoms with Gasteiger partial charge in [-0.1, -0.05) is 62.9 Å². The highest BCUT2D eigenvalue weighted by Gasteiger charge is 2.58. The highest BCUT2D eigenvalue weighted by Crippen LogP contribution is 2.47. The standard InChI is InChI=1S/C23H34N2O2/c1-2-3-9-14-25-15-19-20(16-25)21(19)24-22(26)23(27,18-12-7-8-13-18)17-10-5-4-6-11-17/h4-6,10-11,18-21,27H,2-3,7-9,12-16H2,1H3,(H,24,26)/t19-,20?,21?,23?/m0/s1. The van der Waals surface area contributed by atoms with E-state index in [0.717, 1.165) is 44.3 Å². The third-order valence-corrected chi connectivity index (χ3v) is 7.15. The molecule has 1 aromatic carbocycles. The molecule has 4 atom stereocenters. The lowest BCUT2D eigenvalue weighted by Crippen LogP contribution is -2.51. The third-order valence-electron chi connectivity index (χ3n) is 7.15. The van der Waals surface area contributed by atoms with Gasteiger partial charge in [0.1, 0.15) is 0 Å². The monoisotopic (exact) mass is 370 g/mol. The summed E-state index contributed by atoms with van der Waals surface area (Å²) in [4.78, 5) is 15.8. The number of benzene rings is 1. The molecular weight excluding hydrogens is 336 g/mol. The molecule has 1 amide bonds. The largest absolute Gasteiger partial charge is 0.375 e. The minimum Gasteiger partial charge on any atom is -0.375 e. The molecule has 0 spiro atoms. The number of nitrogens with one attached hydrogen (secondary N) is 1. The van der Waals surface area contributed by atoms with E-state index < -0.39 is 5.60 Å². The van der Waals surface area contributed by atoms with Gasteiger partial charge in [0.2, 0.25) is 0 Å². The van der Waals surface area contributed by atoms with Crippen molar-refractivity contribution in [2.45, 2.75) is 63.5 Å². The predicted octanol–water partition coefficient (Wildman–Crippen LogP) is 3.30. The molecular formula is C23H34N2O2. The highest BCUT2D eigenvalue weighted by molar-refractivity contribution is 5.87. The van der Waals surface area contributed by atoms with Crippen LogP contribution in [0, 0.1) is 17.8 Å². The summed E-state index contributed by atoms with van der Waals surface area (Å²) in [6, 6.07) is 9.85. The number of likely N-dealkylation sites (tertiary alicyclic amines) is 1. The van der Waals surface area contributed by atoms with Crippen molar-refractivity contribution < 1.29 is 9.90 Å². The van der Waals surface area contributed by atoms with Gasteiger partial charge < -0.3 is 15.3 Å². The maximum absolute atomic E-state index is 13.3. The first kappa shape index (κ1) is 18.9. The summed E-state index contributed by atoms with van der Waals surface area (Å²) in [6.07, 6.45) is 7.92. The van der Waals surface area contributed by atoms with E-state index in [1.54, 1.807) is 0 Å². The summed E-state index contributed by atoms with van der Waals surface area (Å²) >= 11 is 0. The van der Waals surface area contributed by atoms with E-state index in [9.17, 15) is 9.90 Å². The number of carbonyl (C=O) groups excluding carboxylic acids is 1. The lowest BCUT2D eigenvalue weighted by Gasteiger charge is -2.33. The van der Waals surface area contributed by atoms with Gasteiger partial charge in [0.15, 0.2) is 5.60 Å². The van der Waals surface area contributed by atoms with Gasteiger partial charge in [-0.05, 0) is 43.2 Å². The summed E-state index contributed by atoms with van der Waals surface area (Å²) in [7, 11) is 0. The molecule has 1 aromatic rings. The van der Waals surface area contributed by atoms with Gasteiger partial charge in [-0.25, -0.2) is 0 Å². The first-order valence-electron chi connectivity index (χ1n) is 11.0. The number of piperidine rings is 1. The molecule has 0 aromatic heterocycles. The van der Waals surface area contributed by atoms with Crippen LogP contribution in [0.4, 0.5) is 0 Å². The van der Waals surface area contributed by atoms with Crippen LogP contribution in [-0.4, -0.2) is 41.6 Å². The molecule has 0 radical (unpaired) electrons. The topological polar surface area (TPSA) is 52.6 Å². The van der Waals surface area contributed by atoms with Gasteiger partial charge in [0.25, 0.3) is 5.91 Å². The molecule has 3 aliphatic rings. The minimum atomic E-state index is -1.38. The summed E-state index contributed by atoms with van der Waals surface area (Å²) in [5.74, 6) is 1.03. The van der Waals surface area contributed by atoms with Crippen molar-refractivity contribution in [3.05, 3.63) is 35.9 Å². The first-order chi connectivity index (χ1) is 13.1. The smallest absolute Gasteiger partial charge is 0.257 e. The minimum absolute atomic E-state index is 0.0315. The molecule has 1 saturated heterocycles.